The fourth-order valence-electron chi connectivity index (χ4n) is 3.58. The van der Waals surface area contributed by atoms with Gasteiger partial charge >= 0.3 is 5.97 Å². The van der Waals surface area contributed by atoms with Crippen LogP contribution in [-0.4, -0.2) is 39.9 Å². The van der Waals surface area contributed by atoms with E-state index in [9.17, 15) is 19.7 Å². The number of nitro groups is 1. The van der Waals surface area contributed by atoms with Gasteiger partial charge in [-0.25, -0.2) is 0 Å². The summed E-state index contributed by atoms with van der Waals surface area (Å²) in [6, 6.07) is 4.24. The summed E-state index contributed by atoms with van der Waals surface area (Å²) in [7, 11) is 0. The van der Waals surface area contributed by atoms with Crippen LogP contribution >= 0.6 is 0 Å². The lowest BCUT2D eigenvalue weighted by Gasteiger charge is -2.33. The molecule has 1 aliphatic carbocycles. The maximum atomic E-state index is 12.6. The Labute approximate surface area is 133 Å². The second kappa shape index (κ2) is 5.33. The number of piperidine rings is 1. The number of nitrogens with zero attached hydrogens (tertiary/aromatic N) is 2. The number of amides is 1. The van der Waals surface area contributed by atoms with Crippen LogP contribution < -0.4 is 0 Å². The molecule has 2 fully saturated rings. The van der Waals surface area contributed by atoms with Gasteiger partial charge in [0.15, 0.2) is 0 Å². The van der Waals surface area contributed by atoms with Gasteiger partial charge in [-0.05, 0) is 43.2 Å². The first kappa shape index (κ1) is 15.5. The molecule has 7 heteroatoms. The summed E-state index contributed by atoms with van der Waals surface area (Å²) >= 11 is 0. The van der Waals surface area contributed by atoms with Gasteiger partial charge in [0.05, 0.1) is 10.8 Å². The lowest BCUT2D eigenvalue weighted by atomic mass is 9.90. The highest BCUT2D eigenvalue weighted by Gasteiger charge is 2.59. The quantitative estimate of drug-likeness (QED) is 0.680. The number of likely N-dealkylation sites (tertiary alicyclic amines) is 1. The van der Waals surface area contributed by atoms with Crippen molar-refractivity contribution >= 4 is 17.6 Å². The van der Waals surface area contributed by atoms with E-state index in [1.165, 1.54) is 18.2 Å². The summed E-state index contributed by atoms with van der Waals surface area (Å²) in [4.78, 5) is 35.7. The van der Waals surface area contributed by atoms with E-state index >= 15 is 0 Å². The fraction of sp³-hybridized carbons (Fsp3) is 0.500. The van der Waals surface area contributed by atoms with Crippen LogP contribution in [0.1, 0.15) is 35.2 Å². The molecule has 0 aromatic heterocycles. The van der Waals surface area contributed by atoms with Crippen molar-refractivity contribution in [1.29, 1.82) is 0 Å². The Morgan fingerprint density at radius 2 is 2.00 bits per heavy atom. The molecule has 2 aliphatic rings. The number of hydrogen-bond acceptors (Lipinski definition) is 4. The molecule has 1 unspecified atom stereocenters. The molecule has 1 saturated carbocycles. The van der Waals surface area contributed by atoms with Gasteiger partial charge < -0.3 is 10.0 Å². The summed E-state index contributed by atoms with van der Waals surface area (Å²) in [5.41, 5.74) is 0.906. The largest absolute Gasteiger partial charge is 0.481 e. The molecule has 1 heterocycles. The van der Waals surface area contributed by atoms with E-state index < -0.39 is 10.9 Å². The number of carbonyl (C=O) groups is 2. The topological polar surface area (TPSA) is 101 Å². The van der Waals surface area contributed by atoms with E-state index in [1.807, 2.05) is 0 Å². The molecule has 1 atom stereocenters. The Hall–Kier alpha value is -2.44. The summed E-state index contributed by atoms with van der Waals surface area (Å²) in [6.07, 6.45) is 2.13. The number of carbonyl (C=O) groups excluding carboxylic acids is 1. The van der Waals surface area contributed by atoms with Crippen LogP contribution in [0.25, 0.3) is 0 Å². The highest BCUT2D eigenvalue weighted by molar-refractivity contribution is 5.96. The lowest BCUT2D eigenvalue weighted by molar-refractivity contribution is -0.384. The van der Waals surface area contributed by atoms with Crippen molar-refractivity contribution in [2.24, 2.45) is 11.3 Å². The minimum Gasteiger partial charge on any atom is -0.481 e. The highest BCUT2D eigenvalue weighted by atomic mass is 16.6. The zero-order chi connectivity index (χ0) is 16.8. The Morgan fingerprint density at radius 1 is 1.35 bits per heavy atom. The summed E-state index contributed by atoms with van der Waals surface area (Å²) in [5, 5.41) is 19.9. The standard InChI is InChI=1S/C16H18N2O5/c1-10-8-11(18(22)23)2-3-12(10)14(19)17-6-4-16(5-7-17)9-13(16)15(20)21/h2-3,8,13H,4-7,9H2,1H3,(H,20,21). The molecule has 1 saturated heterocycles. The van der Waals surface area contributed by atoms with Crippen LogP contribution in [0.4, 0.5) is 5.69 Å². The monoisotopic (exact) mass is 318 g/mol. The molecular formula is C16H18N2O5. The lowest BCUT2D eigenvalue weighted by Crippen LogP contribution is -2.40. The predicted octanol–water partition coefficient (Wildman–Crippen LogP) is 2.23. The summed E-state index contributed by atoms with van der Waals surface area (Å²) in [5.74, 6) is -1.14. The minimum absolute atomic E-state index is 0.0288. The Morgan fingerprint density at radius 3 is 2.48 bits per heavy atom. The van der Waals surface area contributed by atoms with E-state index in [4.69, 9.17) is 5.11 Å². The van der Waals surface area contributed by atoms with Crippen LogP contribution in [0, 0.1) is 28.4 Å². The Bertz CT molecular complexity index is 692. The van der Waals surface area contributed by atoms with Gasteiger partial charge in [0.1, 0.15) is 0 Å². The molecule has 1 aliphatic heterocycles. The number of benzene rings is 1. The summed E-state index contributed by atoms with van der Waals surface area (Å²) in [6.45, 7) is 2.77. The number of carboxylic acid groups (broad SMARTS) is 1. The molecular weight excluding hydrogens is 300 g/mol. The number of nitro benzene ring substituents is 1. The third-order valence-electron chi connectivity index (χ3n) is 5.19. The van der Waals surface area contributed by atoms with Crippen molar-refractivity contribution in [3.63, 3.8) is 0 Å². The number of hydrogen-bond donors (Lipinski definition) is 1. The van der Waals surface area contributed by atoms with E-state index in [0.717, 1.165) is 0 Å². The van der Waals surface area contributed by atoms with E-state index in [-0.39, 0.29) is 22.9 Å². The van der Waals surface area contributed by atoms with Gasteiger partial charge in [0, 0.05) is 30.8 Å². The first-order chi connectivity index (χ1) is 10.8. The second-order valence-electron chi connectivity index (χ2n) is 6.51. The van der Waals surface area contributed by atoms with Gasteiger partial charge in [-0.3, -0.25) is 19.7 Å². The van der Waals surface area contributed by atoms with Crippen molar-refractivity contribution in [2.75, 3.05) is 13.1 Å². The summed E-state index contributed by atoms with van der Waals surface area (Å²) < 4.78 is 0. The average Bonchev–Trinajstić information content (AvgIpc) is 3.21. The first-order valence-corrected chi connectivity index (χ1v) is 7.61. The van der Waals surface area contributed by atoms with E-state index in [1.54, 1.807) is 11.8 Å². The van der Waals surface area contributed by atoms with E-state index in [2.05, 4.69) is 0 Å². The molecule has 0 radical (unpaired) electrons. The molecule has 1 N–H and O–H groups in total. The maximum absolute atomic E-state index is 12.6. The van der Waals surface area contributed by atoms with E-state index in [0.29, 0.717) is 43.5 Å². The molecule has 23 heavy (non-hydrogen) atoms. The van der Waals surface area contributed by atoms with Crippen molar-refractivity contribution in [3.05, 3.63) is 39.4 Å². The van der Waals surface area contributed by atoms with Crippen molar-refractivity contribution < 1.29 is 19.6 Å². The smallest absolute Gasteiger partial charge is 0.307 e. The molecule has 1 amide bonds. The third kappa shape index (κ3) is 2.67. The van der Waals surface area contributed by atoms with Crippen molar-refractivity contribution in [1.82, 2.24) is 4.90 Å². The maximum Gasteiger partial charge on any atom is 0.307 e. The predicted molar refractivity (Wildman–Crippen MR) is 81.1 cm³/mol. The van der Waals surface area contributed by atoms with Crippen molar-refractivity contribution in [3.8, 4) is 0 Å². The molecule has 0 bridgehead atoms. The molecule has 1 aromatic carbocycles. The molecule has 1 aromatic rings. The number of rotatable bonds is 3. The minimum atomic E-state index is -0.740. The van der Waals surface area contributed by atoms with Gasteiger partial charge in [-0.15, -0.1) is 0 Å². The van der Waals surface area contributed by atoms with Crippen LogP contribution in [0.2, 0.25) is 0 Å². The van der Waals surface area contributed by atoms with Gasteiger partial charge in [0.2, 0.25) is 0 Å². The Kier molecular flexibility index (Phi) is 3.58. The van der Waals surface area contributed by atoms with Crippen LogP contribution in [0.3, 0.4) is 0 Å². The van der Waals surface area contributed by atoms with Gasteiger partial charge in [-0.2, -0.15) is 0 Å². The SMILES string of the molecule is Cc1cc([N+](=O)[O-])ccc1C(=O)N1CCC2(CC1)CC2C(=O)O. The first-order valence-electron chi connectivity index (χ1n) is 7.61. The van der Waals surface area contributed by atoms with Gasteiger partial charge in [0.25, 0.3) is 11.6 Å². The molecule has 1 spiro atoms. The molecule has 7 nitrogen and oxygen atoms in total. The number of non-ortho nitro benzene ring substituents is 1. The van der Waals surface area contributed by atoms with Crippen LogP contribution in [0.5, 0.6) is 0 Å². The average molecular weight is 318 g/mol. The second-order valence-corrected chi connectivity index (χ2v) is 6.51. The zero-order valence-electron chi connectivity index (χ0n) is 12.8. The van der Waals surface area contributed by atoms with Crippen LogP contribution in [-0.2, 0) is 4.79 Å². The third-order valence-corrected chi connectivity index (χ3v) is 5.19. The number of aliphatic carboxylic acids is 1. The fourth-order valence-corrected chi connectivity index (χ4v) is 3.58. The van der Waals surface area contributed by atoms with Gasteiger partial charge in [-0.1, -0.05) is 0 Å². The Balaban J connectivity index is 1.68. The van der Waals surface area contributed by atoms with Crippen LogP contribution in [0.15, 0.2) is 18.2 Å². The zero-order valence-corrected chi connectivity index (χ0v) is 12.8. The van der Waals surface area contributed by atoms with Crippen molar-refractivity contribution in [2.45, 2.75) is 26.2 Å². The highest BCUT2D eigenvalue weighted by Crippen LogP contribution is 2.59. The normalized spacial score (nSPS) is 22.0. The number of carboxylic acids is 1. The molecule has 122 valence electrons. The number of aryl methyl sites for hydroxylation is 1. The molecule has 3 rings (SSSR count).